The first-order chi connectivity index (χ1) is 9.49. The van der Waals surface area contributed by atoms with E-state index < -0.39 is 11.9 Å². The Balaban J connectivity index is 2.27. The number of phenols is 1. The van der Waals surface area contributed by atoms with Crippen molar-refractivity contribution in [3.63, 3.8) is 0 Å². The summed E-state index contributed by atoms with van der Waals surface area (Å²) in [6, 6.07) is 10.3. The van der Waals surface area contributed by atoms with E-state index in [1.54, 1.807) is 24.3 Å². The molecule has 0 aliphatic carbocycles. The van der Waals surface area contributed by atoms with Crippen LogP contribution in [0.3, 0.4) is 0 Å². The lowest BCUT2D eigenvalue weighted by Gasteiger charge is -2.08. The van der Waals surface area contributed by atoms with E-state index in [0.29, 0.717) is 5.69 Å². The van der Waals surface area contributed by atoms with E-state index in [1.807, 2.05) is 0 Å². The number of nitrogens with one attached hydrogen (secondary N) is 1. The average molecular weight is 272 g/mol. The van der Waals surface area contributed by atoms with Crippen molar-refractivity contribution >= 4 is 23.3 Å². The number of aromatic hydroxyl groups is 1. The minimum atomic E-state index is -1.28. The van der Waals surface area contributed by atoms with Gasteiger partial charge in [-0.1, -0.05) is 12.1 Å². The molecule has 0 aliphatic heterocycles. The van der Waals surface area contributed by atoms with Crippen LogP contribution < -0.4 is 11.1 Å². The molecule has 2 rings (SSSR count). The van der Waals surface area contributed by atoms with Crippen LogP contribution >= 0.6 is 0 Å². The number of hydrogen-bond acceptors (Lipinski definition) is 4. The lowest BCUT2D eigenvalue weighted by Crippen LogP contribution is -2.14. The lowest BCUT2D eigenvalue weighted by atomic mass is 10.1. The highest BCUT2D eigenvalue weighted by atomic mass is 16.4. The number of para-hydroxylation sites is 1. The van der Waals surface area contributed by atoms with Gasteiger partial charge in [-0.05, 0) is 30.3 Å². The van der Waals surface area contributed by atoms with E-state index in [1.165, 1.54) is 18.2 Å². The Morgan fingerprint density at radius 3 is 2.40 bits per heavy atom. The highest BCUT2D eigenvalue weighted by molar-refractivity contribution is 6.08. The number of amides is 1. The largest absolute Gasteiger partial charge is 0.507 e. The maximum atomic E-state index is 12.0. The molecule has 5 N–H and O–H groups in total. The van der Waals surface area contributed by atoms with Crippen LogP contribution in [0.25, 0.3) is 0 Å². The minimum absolute atomic E-state index is 0.258. The van der Waals surface area contributed by atoms with Crippen molar-refractivity contribution in [3.8, 4) is 5.75 Å². The second kappa shape index (κ2) is 5.31. The quantitative estimate of drug-likeness (QED) is 0.503. The molecule has 0 atom stereocenters. The summed E-state index contributed by atoms with van der Waals surface area (Å²) < 4.78 is 0. The van der Waals surface area contributed by atoms with Crippen LogP contribution in [0.2, 0.25) is 0 Å². The van der Waals surface area contributed by atoms with Gasteiger partial charge in [0.05, 0.1) is 5.56 Å². The van der Waals surface area contributed by atoms with Gasteiger partial charge < -0.3 is 21.3 Å². The standard InChI is InChI=1S/C14H12N2O4/c15-11-4-2-1-3-9(11)13(18)16-8-5-6-12(17)10(7-8)14(19)20/h1-7,17H,15H2,(H,16,18)(H,19,20). The van der Waals surface area contributed by atoms with Gasteiger partial charge in [0.15, 0.2) is 0 Å². The Morgan fingerprint density at radius 1 is 1.05 bits per heavy atom. The Labute approximate surface area is 114 Å². The first-order valence-corrected chi connectivity index (χ1v) is 5.71. The number of aromatic carboxylic acids is 1. The van der Waals surface area contributed by atoms with Gasteiger partial charge >= 0.3 is 5.97 Å². The Morgan fingerprint density at radius 2 is 1.75 bits per heavy atom. The third-order valence-corrected chi connectivity index (χ3v) is 2.69. The van der Waals surface area contributed by atoms with Crippen molar-refractivity contribution in [2.45, 2.75) is 0 Å². The summed E-state index contributed by atoms with van der Waals surface area (Å²) in [6.45, 7) is 0. The normalized spacial score (nSPS) is 10.0. The molecule has 0 bridgehead atoms. The van der Waals surface area contributed by atoms with Crippen molar-refractivity contribution in [1.29, 1.82) is 0 Å². The van der Waals surface area contributed by atoms with Gasteiger partial charge in [-0.3, -0.25) is 4.79 Å². The summed E-state index contributed by atoms with van der Waals surface area (Å²) in [7, 11) is 0. The first-order valence-electron chi connectivity index (χ1n) is 5.71. The lowest BCUT2D eigenvalue weighted by molar-refractivity contribution is 0.0693. The first kappa shape index (κ1) is 13.4. The molecule has 0 fully saturated rings. The molecule has 0 aromatic heterocycles. The molecule has 0 heterocycles. The summed E-state index contributed by atoms with van der Waals surface area (Å²) in [5.74, 6) is -2.10. The zero-order chi connectivity index (χ0) is 14.7. The minimum Gasteiger partial charge on any atom is -0.507 e. The van der Waals surface area contributed by atoms with Crippen LogP contribution in [0.1, 0.15) is 20.7 Å². The van der Waals surface area contributed by atoms with E-state index in [0.717, 1.165) is 0 Å². The van der Waals surface area contributed by atoms with Gasteiger partial charge in [-0.25, -0.2) is 4.79 Å². The summed E-state index contributed by atoms with van der Waals surface area (Å²) >= 11 is 0. The van der Waals surface area contributed by atoms with E-state index >= 15 is 0 Å². The summed E-state index contributed by atoms with van der Waals surface area (Å²) in [5, 5.41) is 20.8. The molecule has 0 radical (unpaired) electrons. The number of benzene rings is 2. The molecule has 1 amide bonds. The number of hydrogen-bond donors (Lipinski definition) is 4. The molecule has 102 valence electrons. The number of carboxylic acids is 1. The van der Waals surface area contributed by atoms with Gasteiger partial charge in [0.1, 0.15) is 11.3 Å². The number of carboxylic acid groups (broad SMARTS) is 1. The molecule has 2 aromatic rings. The molecule has 0 saturated carbocycles. The van der Waals surface area contributed by atoms with Crippen molar-refractivity contribution in [2.24, 2.45) is 0 Å². The summed E-state index contributed by atoms with van der Waals surface area (Å²) in [6.07, 6.45) is 0. The third kappa shape index (κ3) is 2.69. The third-order valence-electron chi connectivity index (χ3n) is 2.69. The Bertz CT molecular complexity index is 683. The van der Waals surface area contributed by atoms with Gasteiger partial charge in [0, 0.05) is 11.4 Å². The number of anilines is 2. The monoisotopic (exact) mass is 272 g/mol. The summed E-state index contributed by atoms with van der Waals surface area (Å²) in [4.78, 5) is 22.9. The molecule has 0 spiro atoms. The number of carbonyl (C=O) groups excluding carboxylic acids is 1. The molecular weight excluding hydrogens is 260 g/mol. The molecule has 6 nitrogen and oxygen atoms in total. The Kier molecular flexibility index (Phi) is 3.56. The van der Waals surface area contributed by atoms with Crippen LogP contribution in [0.15, 0.2) is 42.5 Å². The average Bonchev–Trinajstić information content (AvgIpc) is 2.41. The maximum absolute atomic E-state index is 12.0. The second-order valence-electron chi connectivity index (χ2n) is 4.08. The molecule has 0 aliphatic rings. The SMILES string of the molecule is Nc1ccccc1C(=O)Nc1ccc(O)c(C(=O)O)c1. The molecule has 0 unspecified atom stereocenters. The van der Waals surface area contributed by atoms with Crippen LogP contribution in [0.5, 0.6) is 5.75 Å². The van der Waals surface area contributed by atoms with Crippen LogP contribution in [0, 0.1) is 0 Å². The van der Waals surface area contributed by atoms with Crippen molar-refractivity contribution in [2.75, 3.05) is 11.1 Å². The Hall–Kier alpha value is -3.02. The maximum Gasteiger partial charge on any atom is 0.339 e. The molecule has 2 aromatic carbocycles. The number of rotatable bonds is 3. The van der Waals surface area contributed by atoms with E-state index in [2.05, 4.69) is 5.32 Å². The summed E-state index contributed by atoms with van der Waals surface area (Å²) in [5.41, 5.74) is 6.26. The second-order valence-corrected chi connectivity index (χ2v) is 4.08. The molecular formula is C14H12N2O4. The molecule has 6 heteroatoms. The zero-order valence-corrected chi connectivity index (χ0v) is 10.3. The van der Waals surface area contributed by atoms with Crippen molar-refractivity contribution < 1.29 is 19.8 Å². The highest BCUT2D eigenvalue weighted by Crippen LogP contribution is 2.22. The number of carbonyl (C=O) groups is 2. The van der Waals surface area contributed by atoms with Gasteiger partial charge in [-0.2, -0.15) is 0 Å². The smallest absolute Gasteiger partial charge is 0.339 e. The van der Waals surface area contributed by atoms with Crippen molar-refractivity contribution in [3.05, 3.63) is 53.6 Å². The van der Waals surface area contributed by atoms with E-state index in [-0.39, 0.29) is 22.6 Å². The van der Waals surface area contributed by atoms with Crippen LogP contribution in [-0.4, -0.2) is 22.1 Å². The van der Waals surface area contributed by atoms with Crippen molar-refractivity contribution in [1.82, 2.24) is 0 Å². The van der Waals surface area contributed by atoms with E-state index in [4.69, 9.17) is 10.8 Å². The van der Waals surface area contributed by atoms with Gasteiger partial charge in [0.25, 0.3) is 5.91 Å². The van der Waals surface area contributed by atoms with Crippen LogP contribution in [-0.2, 0) is 0 Å². The van der Waals surface area contributed by atoms with Gasteiger partial charge in [-0.15, -0.1) is 0 Å². The number of nitrogen functional groups attached to an aromatic ring is 1. The predicted molar refractivity (Wildman–Crippen MR) is 73.9 cm³/mol. The fourth-order valence-corrected chi connectivity index (χ4v) is 1.69. The highest BCUT2D eigenvalue weighted by Gasteiger charge is 2.13. The number of nitrogens with two attached hydrogens (primary N) is 1. The predicted octanol–water partition coefficient (Wildman–Crippen LogP) is 1.92. The van der Waals surface area contributed by atoms with Gasteiger partial charge in [0.2, 0.25) is 0 Å². The zero-order valence-electron chi connectivity index (χ0n) is 10.3. The fraction of sp³-hybridized carbons (Fsp3) is 0. The molecule has 20 heavy (non-hydrogen) atoms. The van der Waals surface area contributed by atoms with E-state index in [9.17, 15) is 14.7 Å². The fourth-order valence-electron chi connectivity index (χ4n) is 1.69. The van der Waals surface area contributed by atoms with Crippen LogP contribution in [0.4, 0.5) is 11.4 Å². The molecule has 0 saturated heterocycles. The topological polar surface area (TPSA) is 113 Å².